The highest BCUT2D eigenvalue weighted by Gasteiger charge is 2.51. The summed E-state index contributed by atoms with van der Waals surface area (Å²) in [6.45, 7) is 2.05. The molecule has 0 radical (unpaired) electrons. The molecule has 0 saturated heterocycles. The van der Waals surface area contributed by atoms with E-state index in [0.29, 0.717) is 0 Å². The van der Waals surface area contributed by atoms with Crippen LogP contribution < -0.4 is 5.32 Å². The summed E-state index contributed by atoms with van der Waals surface area (Å²) in [6.07, 6.45) is 2.72. The highest BCUT2D eigenvalue weighted by molar-refractivity contribution is 8.01. The third-order valence-electron chi connectivity index (χ3n) is 4.01. The summed E-state index contributed by atoms with van der Waals surface area (Å²) in [5, 5.41) is 3.91. The molecule has 23 heavy (non-hydrogen) atoms. The van der Waals surface area contributed by atoms with Crippen molar-refractivity contribution in [1.29, 1.82) is 0 Å². The van der Waals surface area contributed by atoms with Crippen molar-refractivity contribution in [3.8, 4) is 0 Å². The van der Waals surface area contributed by atoms with Crippen LogP contribution in [0.3, 0.4) is 0 Å². The number of thioether (sulfide) groups is 1. The molecule has 2 aromatic rings. The minimum absolute atomic E-state index is 0.109. The maximum atomic E-state index is 12.6. The number of nitrogens with one attached hydrogen (secondary N) is 1. The van der Waals surface area contributed by atoms with Gasteiger partial charge in [0.15, 0.2) is 0 Å². The Balaban J connectivity index is 1.57. The second kappa shape index (κ2) is 6.98. The number of hydrogen-bond acceptors (Lipinski definition) is 2. The summed E-state index contributed by atoms with van der Waals surface area (Å²) in [5.74, 6) is 0.160. The number of amides is 1. The zero-order chi connectivity index (χ0) is 16.3. The number of rotatable bonds is 6. The van der Waals surface area contributed by atoms with E-state index in [1.165, 1.54) is 5.56 Å². The molecule has 0 aliphatic heterocycles. The zero-order valence-corrected chi connectivity index (χ0v) is 14.7. The number of hydrogen-bond donors (Lipinski definition) is 1. The molecule has 0 aromatic heterocycles. The molecule has 0 spiro atoms. The first kappa shape index (κ1) is 16.4. The first-order valence-corrected chi connectivity index (χ1v) is 9.06. The first-order chi connectivity index (χ1) is 11.1. The molecule has 4 heteroatoms. The Morgan fingerprint density at radius 2 is 1.83 bits per heavy atom. The van der Waals surface area contributed by atoms with Gasteiger partial charge in [-0.05, 0) is 56.0 Å². The van der Waals surface area contributed by atoms with Crippen LogP contribution >= 0.6 is 23.4 Å². The summed E-state index contributed by atoms with van der Waals surface area (Å²) in [7, 11) is 0. The highest BCUT2D eigenvalue weighted by atomic mass is 35.5. The predicted molar refractivity (Wildman–Crippen MR) is 97.0 cm³/mol. The van der Waals surface area contributed by atoms with Gasteiger partial charge in [-0.25, -0.2) is 0 Å². The summed E-state index contributed by atoms with van der Waals surface area (Å²) >= 11 is 7.59. The Morgan fingerprint density at radius 1 is 1.17 bits per heavy atom. The Kier molecular flexibility index (Phi) is 4.98. The third-order valence-corrected chi connectivity index (χ3v) is 5.75. The van der Waals surface area contributed by atoms with Crippen molar-refractivity contribution in [2.45, 2.75) is 41.9 Å². The van der Waals surface area contributed by atoms with Crippen LogP contribution in [0.15, 0.2) is 59.5 Å². The van der Waals surface area contributed by atoms with E-state index in [-0.39, 0.29) is 16.7 Å². The van der Waals surface area contributed by atoms with Gasteiger partial charge in [0.05, 0.1) is 4.75 Å². The summed E-state index contributed by atoms with van der Waals surface area (Å²) in [6, 6.07) is 18.1. The van der Waals surface area contributed by atoms with E-state index in [0.717, 1.165) is 29.2 Å². The molecule has 2 aromatic carbocycles. The molecular formula is C19H20ClNOS. The van der Waals surface area contributed by atoms with Crippen LogP contribution in [0.4, 0.5) is 0 Å². The van der Waals surface area contributed by atoms with Crippen LogP contribution in [-0.4, -0.2) is 16.7 Å². The van der Waals surface area contributed by atoms with Crippen molar-refractivity contribution in [3.63, 3.8) is 0 Å². The van der Waals surface area contributed by atoms with Crippen LogP contribution in [0, 0.1) is 0 Å². The van der Waals surface area contributed by atoms with E-state index in [4.69, 9.17) is 11.6 Å². The third kappa shape index (κ3) is 4.30. The Morgan fingerprint density at radius 3 is 2.43 bits per heavy atom. The molecule has 1 aliphatic rings. The van der Waals surface area contributed by atoms with Crippen LogP contribution in [0.25, 0.3) is 0 Å². The topological polar surface area (TPSA) is 29.1 Å². The van der Waals surface area contributed by atoms with Crippen molar-refractivity contribution in [1.82, 2.24) is 5.32 Å². The first-order valence-electron chi connectivity index (χ1n) is 7.87. The number of benzene rings is 2. The van der Waals surface area contributed by atoms with Crippen LogP contribution in [0.1, 0.15) is 25.3 Å². The molecule has 1 amide bonds. The van der Waals surface area contributed by atoms with E-state index < -0.39 is 0 Å². The van der Waals surface area contributed by atoms with Gasteiger partial charge in [0.1, 0.15) is 0 Å². The minimum atomic E-state index is -0.268. The average Bonchev–Trinajstić information content (AvgIpc) is 3.31. The molecule has 1 atom stereocenters. The number of carbonyl (C=O) groups excluding carboxylic acids is 1. The van der Waals surface area contributed by atoms with Gasteiger partial charge in [0.2, 0.25) is 5.91 Å². The maximum absolute atomic E-state index is 12.6. The normalized spacial score (nSPS) is 16.6. The molecule has 1 fully saturated rings. The van der Waals surface area contributed by atoms with Gasteiger partial charge >= 0.3 is 0 Å². The van der Waals surface area contributed by atoms with E-state index >= 15 is 0 Å². The largest absolute Gasteiger partial charge is 0.352 e. The number of halogens is 1. The van der Waals surface area contributed by atoms with Gasteiger partial charge in [0, 0.05) is 16.0 Å². The lowest BCUT2D eigenvalue weighted by molar-refractivity contribution is -0.121. The lowest BCUT2D eigenvalue weighted by Crippen LogP contribution is -2.40. The standard InChI is InChI=1S/C19H20ClNOS/c1-14(13-15-7-9-16(20)10-8-15)21-18(22)19(11-12-19)23-17-5-3-2-4-6-17/h2-10,14H,11-13H2,1H3,(H,21,22). The fourth-order valence-electron chi connectivity index (χ4n) is 2.58. The van der Waals surface area contributed by atoms with E-state index in [9.17, 15) is 4.79 Å². The van der Waals surface area contributed by atoms with Crippen molar-refractivity contribution < 1.29 is 4.79 Å². The zero-order valence-electron chi connectivity index (χ0n) is 13.1. The Bertz CT molecular complexity index is 668. The van der Waals surface area contributed by atoms with Crippen molar-refractivity contribution in [3.05, 3.63) is 65.2 Å². The molecule has 1 unspecified atom stereocenters. The second-order valence-electron chi connectivity index (χ2n) is 6.11. The minimum Gasteiger partial charge on any atom is -0.352 e. The fourth-order valence-corrected chi connectivity index (χ4v) is 3.91. The number of carbonyl (C=O) groups is 1. The van der Waals surface area contributed by atoms with Gasteiger partial charge < -0.3 is 5.32 Å². The van der Waals surface area contributed by atoms with Gasteiger partial charge in [-0.3, -0.25) is 4.79 Å². The van der Waals surface area contributed by atoms with Crippen LogP contribution in [0.5, 0.6) is 0 Å². The van der Waals surface area contributed by atoms with Crippen LogP contribution in [-0.2, 0) is 11.2 Å². The summed E-state index contributed by atoms with van der Waals surface area (Å²) < 4.78 is -0.268. The van der Waals surface area contributed by atoms with Crippen molar-refractivity contribution in [2.75, 3.05) is 0 Å². The van der Waals surface area contributed by atoms with Gasteiger partial charge in [-0.2, -0.15) is 0 Å². The van der Waals surface area contributed by atoms with E-state index in [1.807, 2.05) is 42.5 Å². The second-order valence-corrected chi connectivity index (χ2v) is 8.01. The monoisotopic (exact) mass is 345 g/mol. The molecule has 1 N–H and O–H groups in total. The van der Waals surface area contributed by atoms with E-state index in [1.54, 1.807) is 11.8 Å². The molecule has 2 nitrogen and oxygen atoms in total. The molecular weight excluding hydrogens is 326 g/mol. The highest BCUT2D eigenvalue weighted by Crippen LogP contribution is 2.51. The Hall–Kier alpha value is -1.45. The molecule has 3 rings (SSSR count). The summed E-state index contributed by atoms with van der Waals surface area (Å²) in [5.41, 5.74) is 1.18. The SMILES string of the molecule is CC(Cc1ccc(Cl)cc1)NC(=O)C1(Sc2ccccc2)CC1. The van der Waals surface area contributed by atoms with E-state index in [2.05, 4.69) is 24.4 Å². The van der Waals surface area contributed by atoms with Gasteiger partial charge in [-0.15, -0.1) is 11.8 Å². The summed E-state index contributed by atoms with van der Waals surface area (Å²) in [4.78, 5) is 13.8. The molecule has 1 saturated carbocycles. The maximum Gasteiger partial charge on any atom is 0.236 e. The quantitative estimate of drug-likeness (QED) is 0.821. The van der Waals surface area contributed by atoms with Crippen molar-refractivity contribution >= 4 is 29.3 Å². The molecule has 0 bridgehead atoms. The molecule has 120 valence electrons. The molecule has 1 aliphatic carbocycles. The smallest absolute Gasteiger partial charge is 0.236 e. The Labute approximate surface area is 146 Å². The van der Waals surface area contributed by atoms with Gasteiger partial charge in [-0.1, -0.05) is 41.9 Å². The van der Waals surface area contributed by atoms with Gasteiger partial charge in [0.25, 0.3) is 0 Å². The average molecular weight is 346 g/mol. The predicted octanol–water partition coefficient (Wildman–Crippen LogP) is 4.71. The van der Waals surface area contributed by atoms with Crippen molar-refractivity contribution in [2.24, 2.45) is 0 Å². The molecule has 0 heterocycles. The van der Waals surface area contributed by atoms with Crippen LogP contribution in [0.2, 0.25) is 5.02 Å². The fraction of sp³-hybridized carbons (Fsp3) is 0.316. The lowest BCUT2D eigenvalue weighted by Gasteiger charge is -2.19. The lowest BCUT2D eigenvalue weighted by atomic mass is 10.1.